The van der Waals surface area contributed by atoms with Crippen LogP contribution in [0.5, 0.6) is 5.75 Å². The molecule has 0 radical (unpaired) electrons. The number of anilines is 1. The topological polar surface area (TPSA) is 50.4 Å². The number of ether oxygens (including phenoxy) is 1. The molecule has 22 heavy (non-hydrogen) atoms. The molecule has 0 spiro atoms. The van der Waals surface area contributed by atoms with Crippen molar-refractivity contribution in [1.29, 1.82) is 0 Å². The predicted molar refractivity (Wildman–Crippen MR) is 85.4 cm³/mol. The second kappa shape index (κ2) is 7.87. The van der Waals surface area contributed by atoms with Crippen molar-refractivity contribution in [2.45, 2.75) is 0 Å². The van der Waals surface area contributed by atoms with Crippen LogP contribution in [0.1, 0.15) is 0 Å². The summed E-state index contributed by atoms with van der Waals surface area (Å²) < 4.78 is 18.1. The van der Waals surface area contributed by atoms with Crippen LogP contribution in [0.25, 0.3) is 0 Å². The monoisotopic (exact) mass is 342 g/mol. The SMILES string of the molecule is O=C(NCCOc1ccc(F)cc1)Nc1ccc(Cl)cc1Cl. The van der Waals surface area contributed by atoms with Gasteiger partial charge in [0, 0.05) is 5.02 Å². The van der Waals surface area contributed by atoms with Crippen molar-refractivity contribution in [2.75, 3.05) is 18.5 Å². The zero-order valence-corrected chi connectivity index (χ0v) is 12.9. The Morgan fingerprint density at radius 1 is 1.14 bits per heavy atom. The summed E-state index contributed by atoms with van der Waals surface area (Å²) in [6.07, 6.45) is 0. The second-order valence-corrected chi connectivity index (χ2v) is 5.15. The third kappa shape index (κ3) is 5.09. The molecule has 2 amide bonds. The molecule has 0 fully saturated rings. The Morgan fingerprint density at radius 2 is 1.86 bits per heavy atom. The normalized spacial score (nSPS) is 10.1. The highest BCUT2D eigenvalue weighted by atomic mass is 35.5. The van der Waals surface area contributed by atoms with Gasteiger partial charge in [0.25, 0.3) is 0 Å². The molecular formula is C15H13Cl2FN2O2. The van der Waals surface area contributed by atoms with Gasteiger partial charge in [-0.3, -0.25) is 0 Å². The molecule has 2 N–H and O–H groups in total. The molecule has 2 rings (SSSR count). The van der Waals surface area contributed by atoms with Crippen molar-refractivity contribution in [2.24, 2.45) is 0 Å². The van der Waals surface area contributed by atoms with Crippen molar-refractivity contribution < 1.29 is 13.9 Å². The van der Waals surface area contributed by atoms with Gasteiger partial charge in [0.2, 0.25) is 0 Å². The Balaban J connectivity index is 1.72. The van der Waals surface area contributed by atoms with Crippen LogP contribution in [-0.2, 0) is 0 Å². The summed E-state index contributed by atoms with van der Waals surface area (Å²) >= 11 is 11.7. The Labute approximate surface area is 137 Å². The lowest BCUT2D eigenvalue weighted by molar-refractivity contribution is 0.247. The van der Waals surface area contributed by atoms with Crippen LogP contribution in [0.3, 0.4) is 0 Å². The lowest BCUT2D eigenvalue weighted by Crippen LogP contribution is -2.32. The maximum Gasteiger partial charge on any atom is 0.319 e. The summed E-state index contributed by atoms with van der Waals surface area (Å²) in [5.41, 5.74) is 0.461. The third-order valence-corrected chi connectivity index (χ3v) is 3.20. The predicted octanol–water partition coefficient (Wildman–Crippen LogP) is 4.33. The van der Waals surface area contributed by atoms with Gasteiger partial charge in [0.1, 0.15) is 18.2 Å². The van der Waals surface area contributed by atoms with E-state index in [4.69, 9.17) is 27.9 Å². The average Bonchev–Trinajstić information content (AvgIpc) is 2.48. The van der Waals surface area contributed by atoms with Crippen LogP contribution < -0.4 is 15.4 Å². The first kappa shape index (κ1) is 16.4. The highest BCUT2D eigenvalue weighted by Gasteiger charge is 2.05. The molecule has 0 aliphatic rings. The molecule has 0 atom stereocenters. The lowest BCUT2D eigenvalue weighted by Gasteiger charge is -2.10. The average molecular weight is 343 g/mol. The zero-order valence-electron chi connectivity index (χ0n) is 11.4. The second-order valence-electron chi connectivity index (χ2n) is 4.31. The molecule has 0 unspecified atom stereocenters. The zero-order chi connectivity index (χ0) is 15.9. The molecule has 0 heterocycles. The Hall–Kier alpha value is -1.98. The van der Waals surface area contributed by atoms with Crippen LogP contribution in [0.15, 0.2) is 42.5 Å². The Morgan fingerprint density at radius 3 is 2.55 bits per heavy atom. The van der Waals surface area contributed by atoms with E-state index in [-0.39, 0.29) is 19.0 Å². The van der Waals surface area contributed by atoms with E-state index >= 15 is 0 Å². The van der Waals surface area contributed by atoms with E-state index in [1.54, 1.807) is 12.1 Å². The maximum atomic E-state index is 12.7. The number of hydrogen-bond acceptors (Lipinski definition) is 2. The highest BCUT2D eigenvalue weighted by molar-refractivity contribution is 6.36. The third-order valence-electron chi connectivity index (χ3n) is 2.65. The molecule has 2 aromatic rings. The Kier molecular flexibility index (Phi) is 5.86. The quantitative estimate of drug-likeness (QED) is 0.794. The van der Waals surface area contributed by atoms with Crippen molar-refractivity contribution in [1.82, 2.24) is 5.32 Å². The van der Waals surface area contributed by atoms with Crippen LogP contribution in [0, 0.1) is 5.82 Å². The number of carbonyl (C=O) groups is 1. The minimum absolute atomic E-state index is 0.257. The number of benzene rings is 2. The summed E-state index contributed by atoms with van der Waals surface area (Å²) in [6.45, 7) is 0.543. The van der Waals surface area contributed by atoms with E-state index in [2.05, 4.69) is 10.6 Å². The molecule has 0 saturated heterocycles. The molecule has 2 aromatic carbocycles. The number of nitrogens with one attached hydrogen (secondary N) is 2. The number of amides is 2. The summed E-state index contributed by atoms with van der Waals surface area (Å²) in [5.74, 6) is 0.203. The van der Waals surface area contributed by atoms with Crippen LogP contribution in [0.2, 0.25) is 10.0 Å². The first-order valence-electron chi connectivity index (χ1n) is 6.43. The number of hydrogen-bond donors (Lipinski definition) is 2. The fraction of sp³-hybridized carbons (Fsp3) is 0.133. The summed E-state index contributed by atoms with van der Waals surface area (Å²) in [5, 5.41) is 6.05. The lowest BCUT2D eigenvalue weighted by atomic mass is 10.3. The minimum Gasteiger partial charge on any atom is -0.492 e. The first-order valence-corrected chi connectivity index (χ1v) is 7.18. The van der Waals surface area contributed by atoms with Gasteiger partial charge >= 0.3 is 6.03 Å². The van der Waals surface area contributed by atoms with Gasteiger partial charge in [-0.15, -0.1) is 0 Å². The van der Waals surface area contributed by atoms with E-state index in [1.165, 1.54) is 30.3 Å². The summed E-state index contributed by atoms with van der Waals surface area (Å²) in [6, 6.07) is 10.0. The largest absolute Gasteiger partial charge is 0.492 e. The van der Waals surface area contributed by atoms with Gasteiger partial charge in [-0.25, -0.2) is 9.18 Å². The van der Waals surface area contributed by atoms with Gasteiger partial charge in [-0.1, -0.05) is 23.2 Å². The summed E-state index contributed by atoms with van der Waals surface area (Å²) in [4.78, 5) is 11.7. The van der Waals surface area contributed by atoms with Crippen molar-refractivity contribution in [3.05, 3.63) is 58.3 Å². The van der Waals surface area contributed by atoms with E-state index in [0.717, 1.165) is 0 Å². The fourth-order valence-electron chi connectivity index (χ4n) is 1.62. The van der Waals surface area contributed by atoms with E-state index < -0.39 is 6.03 Å². The van der Waals surface area contributed by atoms with E-state index in [0.29, 0.717) is 21.5 Å². The first-order chi connectivity index (χ1) is 10.5. The number of rotatable bonds is 5. The minimum atomic E-state index is -0.410. The molecule has 116 valence electrons. The number of carbonyl (C=O) groups excluding carboxylic acids is 1. The van der Waals surface area contributed by atoms with Crippen LogP contribution in [-0.4, -0.2) is 19.2 Å². The molecule has 7 heteroatoms. The number of halogens is 3. The molecule has 0 aromatic heterocycles. The molecular weight excluding hydrogens is 330 g/mol. The van der Waals surface area contributed by atoms with E-state index in [9.17, 15) is 9.18 Å². The van der Waals surface area contributed by atoms with Crippen molar-refractivity contribution in [3.8, 4) is 5.75 Å². The molecule has 4 nitrogen and oxygen atoms in total. The molecule has 0 aliphatic carbocycles. The molecule has 0 bridgehead atoms. The van der Waals surface area contributed by atoms with E-state index in [1.807, 2.05) is 0 Å². The standard InChI is InChI=1S/C15H13Cl2FN2O2/c16-10-1-6-14(13(17)9-10)20-15(21)19-7-8-22-12-4-2-11(18)3-5-12/h1-6,9H,7-8H2,(H2,19,20,21). The Bertz CT molecular complexity index is 650. The summed E-state index contributed by atoms with van der Waals surface area (Å²) in [7, 11) is 0. The highest BCUT2D eigenvalue weighted by Crippen LogP contribution is 2.25. The smallest absolute Gasteiger partial charge is 0.319 e. The van der Waals surface area contributed by atoms with Gasteiger partial charge in [0.15, 0.2) is 0 Å². The van der Waals surface area contributed by atoms with Gasteiger partial charge in [0.05, 0.1) is 17.3 Å². The van der Waals surface area contributed by atoms with Crippen molar-refractivity contribution in [3.63, 3.8) is 0 Å². The van der Waals surface area contributed by atoms with Crippen LogP contribution in [0.4, 0.5) is 14.9 Å². The van der Waals surface area contributed by atoms with Gasteiger partial charge in [-0.2, -0.15) is 0 Å². The fourth-order valence-corrected chi connectivity index (χ4v) is 2.08. The molecule has 0 aliphatic heterocycles. The molecule has 0 saturated carbocycles. The maximum absolute atomic E-state index is 12.7. The van der Waals surface area contributed by atoms with Gasteiger partial charge < -0.3 is 15.4 Å². The van der Waals surface area contributed by atoms with Crippen molar-refractivity contribution >= 4 is 34.9 Å². The van der Waals surface area contributed by atoms with Gasteiger partial charge in [-0.05, 0) is 42.5 Å². The van der Waals surface area contributed by atoms with Crippen LogP contribution >= 0.6 is 23.2 Å². The number of urea groups is 1.